The molecule has 24 heavy (non-hydrogen) atoms. The number of piperidine rings is 1. The molecule has 2 N–H and O–H groups in total. The average Bonchev–Trinajstić information content (AvgIpc) is 3.40. The maximum Gasteiger partial charge on any atom is 0.252 e. The van der Waals surface area contributed by atoms with Crippen LogP contribution in [0.15, 0.2) is 22.7 Å². The van der Waals surface area contributed by atoms with Gasteiger partial charge in [0, 0.05) is 34.1 Å². The number of pyridine rings is 1. The van der Waals surface area contributed by atoms with Gasteiger partial charge in [0.25, 0.3) is 5.91 Å². The predicted octanol–water partition coefficient (Wildman–Crippen LogP) is 3.66. The molecular weight excluding hydrogens is 366 g/mol. The number of fused-ring (bicyclic) bond motifs is 1. The molecule has 0 radical (unpaired) electrons. The molecule has 1 aromatic carbocycles. The summed E-state index contributed by atoms with van der Waals surface area (Å²) in [5.41, 5.74) is 3.87. The molecule has 0 bridgehead atoms. The SMILES string of the molecule is Cc1c(C2CC2)nc2ccc(Br)cc2c1C(=O)N[C@H]1CCCNC1. The third-order valence-electron chi connectivity index (χ3n) is 5.05. The lowest BCUT2D eigenvalue weighted by Crippen LogP contribution is -2.45. The van der Waals surface area contributed by atoms with Crippen molar-refractivity contribution in [3.63, 3.8) is 0 Å². The minimum absolute atomic E-state index is 0.0357. The molecule has 2 fully saturated rings. The van der Waals surface area contributed by atoms with E-state index in [1.54, 1.807) is 0 Å². The van der Waals surface area contributed by atoms with E-state index in [-0.39, 0.29) is 11.9 Å². The molecule has 2 aliphatic rings. The topological polar surface area (TPSA) is 54.0 Å². The van der Waals surface area contributed by atoms with Crippen LogP contribution in [0.25, 0.3) is 10.9 Å². The highest BCUT2D eigenvalue weighted by atomic mass is 79.9. The molecular formula is C19H22BrN3O. The van der Waals surface area contributed by atoms with Crippen LogP contribution >= 0.6 is 15.9 Å². The standard InChI is InChI=1S/C19H22BrN3O/c1-11-17(19(24)22-14-3-2-8-21-10-14)15-9-13(20)6-7-16(15)23-18(11)12-4-5-12/h6-7,9,12,14,21H,2-5,8,10H2,1H3,(H,22,24)/t14-/m0/s1. The summed E-state index contributed by atoms with van der Waals surface area (Å²) in [5, 5.41) is 7.52. The number of nitrogens with zero attached hydrogens (tertiary/aromatic N) is 1. The summed E-state index contributed by atoms with van der Waals surface area (Å²) in [4.78, 5) is 17.9. The molecule has 1 saturated heterocycles. The zero-order chi connectivity index (χ0) is 16.7. The number of hydrogen-bond acceptors (Lipinski definition) is 3. The summed E-state index contributed by atoms with van der Waals surface area (Å²) in [6.07, 6.45) is 4.52. The van der Waals surface area contributed by atoms with Gasteiger partial charge >= 0.3 is 0 Å². The average molecular weight is 388 g/mol. The van der Waals surface area contributed by atoms with Crippen LogP contribution in [0, 0.1) is 6.92 Å². The van der Waals surface area contributed by atoms with E-state index in [9.17, 15) is 4.79 Å². The second kappa shape index (κ2) is 6.45. The van der Waals surface area contributed by atoms with Crippen LogP contribution < -0.4 is 10.6 Å². The zero-order valence-electron chi connectivity index (χ0n) is 13.9. The minimum Gasteiger partial charge on any atom is -0.348 e. The molecule has 1 amide bonds. The van der Waals surface area contributed by atoms with Crippen molar-refractivity contribution >= 4 is 32.7 Å². The lowest BCUT2D eigenvalue weighted by molar-refractivity contribution is 0.0931. The first-order chi connectivity index (χ1) is 11.6. The van der Waals surface area contributed by atoms with Crippen molar-refractivity contribution in [1.29, 1.82) is 0 Å². The van der Waals surface area contributed by atoms with E-state index in [0.29, 0.717) is 5.92 Å². The number of nitrogens with one attached hydrogen (secondary N) is 2. The van der Waals surface area contributed by atoms with Crippen LogP contribution in [-0.2, 0) is 0 Å². The van der Waals surface area contributed by atoms with Gasteiger partial charge < -0.3 is 10.6 Å². The molecule has 5 heteroatoms. The Morgan fingerprint density at radius 3 is 2.88 bits per heavy atom. The Bertz CT molecular complexity index is 795. The van der Waals surface area contributed by atoms with Crippen LogP contribution in [0.5, 0.6) is 0 Å². The van der Waals surface area contributed by atoms with E-state index < -0.39 is 0 Å². The summed E-state index contributed by atoms with van der Waals surface area (Å²) in [6, 6.07) is 6.23. The van der Waals surface area contributed by atoms with Crippen molar-refractivity contribution in [2.24, 2.45) is 0 Å². The molecule has 0 spiro atoms. The molecule has 1 aliphatic heterocycles. The van der Waals surface area contributed by atoms with Gasteiger partial charge in [0.2, 0.25) is 0 Å². The van der Waals surface area contributed by atoms with E-state index in [4.69, 9.17) is 4.98 Å². The molecule has 1 aromatic heterocycles. The van der Waals surface area contributed by atoms with Crippen LogP contribution in [0.3, 0.4) is 0 Å². The third kappa shape index (κ3) is 3.07. The fourth-order valence-corrected chi connectivity index (χ4v) is 3.99. The number of benzene rings is 1. The molecule has 126 valence electrons. The molecule has 2 heterocycles. The molecule has 1 aliphatic carbocycles. The van der Waals surface area contributed by atoms with Gasteiger partial charge in [-0.25, -0.2) is 0 Å². The molecule has 1 saturated carbocycles. The van der Waals surface area contributed by atoms with E-state index in [0.717, 1.165) is 58.1 Å². The maximum absolute atomic E-state index is 13.1. The van der Waals surface area contributed by atoms with Gasteiger partial charge in [0.15, 0.2) is 0 Å². The minimum atomic E-state index is 0.0357. The van der Waals surface area contributed by atoms with Crippen LogP contribution in [0.2, 0.25) is 0 Å². The van der Waals surface area contributed by atoms with Crippen molar-refractivity contribution in [3.05, 3.63) is 39.5 Å². The van der Waals surface area contributed by atoms with Gasteiger partial charge in [-0.1, -0.05) is 15.9 Å². The van der Waals surface area contributed by atoms with Crippen molar-refractivity contribution in [2.75, 3.05) is 13.1 Å². The van der Waals surface area contributed by atoms with E-state index in [2.05, 4.69) is 33.5 Å². The lowest BCUT2D eigenvalue weighted by atomic mass is 9.98. The number of hydrogen-bond donors (Lipinski definition) is 2. The number of halogens is 1. The van der Waals surface area contributed by atoms with Crippen LogP contribution in [-0.4, -0.2) is 30.0 Å². The summed E-state index contributed by atoms with van der Waals surface area (Å²) >= 11 is 3.53. The smallest absolute Gasteiger partial charge is 0.252 e. The first-order valence-corrected chi connectivity index (χ1v) is 9.54. The highest BCUT2D eigenvalue weighted by molar-refractivity contribution is 9.10. The molecule has 1 atom stereocenters. The Labute approximate surface area is 150 Å². The fraction of sp³-hybridized carbons (Fsp3) is 0.474. The van der Waals surface area contributed by atoms with Crippen LogP contribution in [0.1, 0.15) is 53.2 Å². The second-order valence-corrected chi connectivity index (χ2v) is 7.87. The van der Waals surface area contributed by atoms with Gasteiger partial charge in [-0.3, -0.25) is 9.78 Å². The number of amides is 1. The third-order valence-corrected chi connectivity index (χ3v) is 5.54. The van der Waals surface area contributed by atoms with Crippen molar-refractivity contribution in [2.45, 2.75) is 44.6 Å². The predicted molar refractivity (Wildman–Crippen MR) is 99.5 cm³/mol. The molecule has 4 rings (SSSR count). The van der Waals surface area contributed by atoms with E-state index in [1.807, 2.05) is 18.2 Å². The van der Waals surface area contributed by atoms with Crippen molar-refractivity contribution in [3.8, 4) is 0 Å². The number of carbonyl (C=O) groups excluding carboxylic acids is 1. The Morgan fingerprint density at radius 1 is 1.33 bits per heavy atom. The lowest BCUT2D eigenvalue weighted by Gasteiger charge is -2.24. The molecule has 0 unspecified atom stereocenters. The summed E-state index contributed by atoms with van der Waals surface area (Å²) < 4.78 is 0.976. The number of aromatic nitrogens is 1. The zero-order valence-corrected chi connectivity index (χ0v) is 15.4. The number of carbonyl (C=O) groups is 1. The quantitative estimate of drug-likeness (QED) is 0.844. The monoisotopic (exact) mass is 387 g/mol. The van der Waals surface area contributed by atoms with Crippen molar-refractivity contribution < 1.29 is 4.79 Å². The Hall–Kier alpha value is -1.46. The highest BCUT2D eigenvalue weighted by Crippen LogP contribution is 2.42. The second-order valence-electron chi connectivity index (χ2n) is 6.95. The largest absolute Gasteiger partial charge is 0.348 e. The molecule has 2 aromatic rings. The Kier molecular flexibility index (Phi) is 4.31. The van der Waals surface area contributed by atoms with Gasteiger partial charge in [0.1, 0.15) is 0 Å². The summed E-state index contributed by atoms with van der Waals surface area (Å²) in [5.74, 6) is 0.564. The summed E-state index contributed by atoms with van der Waals surface area (Å²) in [7, 11) is 0. The van der Waals surface area contributed by atoms with E-state index >= 15 is 0 Å². The van der Waals surface area contributed by atoms with E-state index in [1.165, 1.54) is 12.8 Å². The Balaban J connectivity index is 1.77. The van der Waals surface area contributed by atoms with Gasteiger partial charge in [-0.2, -0.15) is 0 Å². The number of rotatable bonds is 3. The van der Waals surface area contributed by atoms with Gasteiger partial charge in [0.05, 0.1) is 11.1 Å². The maximum atomic E-state index is 13.1. The highest BCUT2D eigenvalue weighted by Gasteiger charge is 2.30. The molecule has 4 nitrogen and oxygen atoms in total. The van der Waals surface area contributed by atoms with Crippen LogP contribution in [0.4, 0.5) is 0 Å². The van der Waals surface area contributed by atoms with Gasteiger partial charge in [-0.15, -0.1) is 0 Å². The van der Waals surface area contributed by atoms with Crippen molar-refractivity contribution in [1.82, 2.24) is 15.6 Å². The normalized spacial score (nSPS) is 21.0. The fourth-order valence-electron chi connectivity index (χ4n) is 3.63. The first kappa shape index (κ1) is 16.0. The Morgan fingerprint density at radius 2 is 2.17 bits per heavy atom. The first-order valence-electron chi connectivity index (χ1n) is 8.75. The van der Waals surface area contributed by atoms with Gasteiger partial charge in [-0.05, 0) is 62.9 Å². The summed E-state index contributed by atoms with van der Waals surface area (Å²) in [6.45, 7) is 3.95.